The first-order valence-corrected chi connectivity index (χ1v) is 10.7. The molecule has 0 aliphatic carbocycles. The molecule has 0 rings (SSSR count). The molecule has 136 valence electrons. The Morgan fingerprint density at radius 3 is 1.04 bits per heavy atom. The van der Waals surface area contributed by atoms with E-state index in [1.807, 2.05) is 0 Å². The van der Waals surface area contributed by atoms with Crippen LogP contribution in [-0.4, -0.2) is 42.6 Å². The summed E-state index contributed by atoms with van der Waals surface area (Å²) < 4.78 is 1.85. The molecule has 0 saturated carbocycles. The summed E-state index contributed by atoms with van der Waals surface area (Å²) in [5.74, 6) is 0. The second kappa shape index (κ2) is 11.6. The Bertz CT molecular complexity index is 319. The molecular weight excluding hydrogens is 340 g/mol. The van der Waals surface area contributed by atoms with Crippen LogP contribution in [0.4, 0.5) is 0 Å². The lowest BCUT2D eigenvalue weighted by molar-refractivity contribution is 0.257. The topological polar surface area (TPSA) is 6.48 Å². The Kier molecular flexibility index (Phi) is 11.7. The summed E-state index contributed by atoms with van der Waals surface area (Å²) in [5.41, 5.74) is 0. The molecule has 0 N–H and O–H groups in total. The summed E-state index contributed by atoms with van der Waals surface area (Å²) in [6, 6.07) is 1.81. The monoisotopic (exact) mass is 376 g/mol. The smallest absolute Gasteiger partial charge is 0.143 e. The van der Waals surface area contributed by atoms with Crippen LogP contribution < -0.4 is 0 Å². The van der Waals surface area contributed by atoms with Crippen LogP contribution in [0, 0.1) is 0 Å². The van der Waals surface area contributed by atoms with Crippen LogP contribution in [0.15, 0.2) is 0 Å². The molecule has 0 aliphatic rings. The molecular formula is C18H36N2S3. The van der Waals surface area contributed by atoms with Gasteiger partial charge >= 0.3 is 0 Å². The van der Waals surface area contributed by atoms with Crippen molar-refractivity contribution in [3.63, 3.8) is 0 Å². The van der Waals surface area contributed by atoms with Gasteiger partial charge in [-0.15, -0.1) is 0 Å². The van der Waals surface area contributed by atoms with E-state index in [4.69, 9.17) is 24.4 Å². The molecule has 0 spiro atoms. The molecule has 0 radical (unpaired) electrons. The van der Waals surface area contributed by atoms with Gasteiger partial charge in [0.05, 0.1) is 0 Å². The second-order valence-corrected chi connectivity index (χ2v) is 8.75. The summed E-state index contributed by atoms with van der Waals surface area (Å²) >= 11 is 13.2. The third-order valence-corrected chi connectivity index (χ3v) is 6.55. The van der Waals surface area contributed by atoms with Crippen molar-refractivity contribution >= 4 is 44.8 Å². The Morgan fingerprint density at radius 2 is 0.870 bits per heavy atom. The van der Waals surface area contributed by atoms with Gasteiger partial charge in [-0.3, -0.25) is 0 Å². The van der Waals surface area contributed by atoms with E-state index in [-0.39, 0.29) is 0 Å². The minimum Gasteiger partial charge on any atom is -0.352 e. The molecule has 0 aromatic rings. The van der Waals surface area contributed by atoms with E-state index in [9.17, 15) is 0 Å². The molecule has 4 unspecified atom stereocenters. The van der Waals surface area contributed by atoms with Gasteiger partial charge in [0.25, 0.3) is 0 Å². The Labute approximate surface area is 159 Å². The second-order valence-electron chi connectivity index (χ2n) is 6.48. The highest BCUT2D eigenvalue weighted by Gasteiger charge is 2.26. The number of nitrogens with zero attached hydrogens (tertiary/aromatic N) is 2. The summed E-state index contributed by atoms with van der Waals surface area (Å²) in [4.78, 5) is 4.75. The van der Waals surface area contributed by atoms with Crippen LogP contribution in [0.2, 0.25) is 0 Å². The average Bonchev–Trinajstić information content (AvgIpc) is 2.53. The van der Waals surface area contributed by atoms with Crippen molar-refractivity contribution in [1.29, 1.82) is 0 Å². The quantitative estimate of drug-likeness (QED) is 0.472. The Hall–Kier alpha value is 0.130. The zero-order chi connectivity index (χ0) is 18.2. The molecule has 0 heterocycles. The largest absolute Gasteiger partial charge is 0.352 e. The number of hydrogen-bond acceptors (Lipinski definition) is 3. The number of rotatable bonds is 8. The van der Waals surface area contributed by atoms with Gasteiger partial charge in [0.15, 0.2) is 0 Å². The highest BCUT2D eigenvalue weighted by atomic mass is 32.2. The van der Waals surface area contributed by atoms with Crippen molar-refractivity contribution in [3.05, 3.63) is 0 Å². The van der Waals surface area contributed by atoms with E-state index in [0.717, 1.165) is 34.3 Å². The predicted molar refractivity (Wildman–Crippen MR) is 115 cm³/mol. The standard InChI is InChI=1S/C18H36N2S3/c1-9-13(5)19(14(6)10-2)17(21)23-18(22)20(15(7)11-3)16(8)12-4/h13-16H,9-12H2,1-8H3. The van der Waals surface area contributed by atoms with Gasteiger partial charge in [-0.2, -0.15) is 0 Å². The van der Waals surface area contributed by atoms with Gasteiger partial charge in [-0.25, -0.2) is 0 Å². The third kappa shape index (κ3) is 6.87. The maximum absolute atomic E-state index is 5.78. The van der Waals surface area contributed by atoms with Crippen LogP contribution in [0.5, 0.6) is 0 Å². The molecule has 0 fully saturated rings. The van der Waals surface area contributed by atoms with Gasteiger partial charge in [-0.05, 0) is 65.1 Å². The van der Waals surface area contributed by atoms with Crippen LogP contribution in [0.3, 0.4) is 0 Å². The van der Waals surface area contributed by atoms with E-state index in [0.29, 0.717) is 24.2 Å². The zero-order valence-corrected chi connectivity index (χ0v) is 18.7. The summed E-state index contributed by atoms with van der Waals surface area (Å²) in [7, 11) is 0. The van der Waals surface area contributed by atoms with E-state index >= 15 is 0 Å². The fraction of sp³-hybridized carbons (Fsp3) is 0.889. The van der Waals surface area contributed by atoms with Gasteiger partial charge in [0.2, 0.25) is 0 Å². The van der Waals surface area contributed by atoms with Gasteiger partial charge < -0.3 is 9.80 Å². The summed E-state index contributed by atoms with van der Waals surface area (Å²) in [6.45, 7) is 17.9. The molecule has 23 heavy (non-hydrogen) atoms. The minimum atomic E-state index is 0.452. The molecule has 0 aromatic carbocycles. The number of hydrogen-bond donors (Lipinski definition) is 0. The van der Waals surface area contributed by atoms with Crippen LogP contribution in [0.25, 0.3) is 0 Å². The van der Waals surface area contributed by atoms with E-state index < -0.39 is 0 Å². The molecule has 0 aromatic heterocycles. The van der Waals surface area contributed by atoms with Crippen molar-refractivity contribution in [3.8, 4) is 0 Å². The van der Waals surface area contributed by atoms with Crippen LogP contribution >= 0.6 is 36.2 Å². The van der Waals surface area contributed by atoms with Crippen molar-refractivity contribution in [2.24, 2.45) is 0 Å². The number of thiocarbonyl (C=S) groups is 2. The molecule has 4 atom stereocenters. The third-order valence-electron chi connectivity index (χ3n) is 4.86. The predicted octanol–water partition coefficient (Wildman–Crippen LogP) is 6.09. The van der Waals surface area contributed by atoms with Crippen molar-refractivity contribution < 1.29 is 0 Å². The number of thioether (sulfide) groups is 1. The first kappa shape index (κ1) is 23.1. The van der Waals surface area contributed by atoms with Crippen molar-refractivity contribution in [1.82, 2.24) is 9.80 Å². The first-order chi connectivity index (χ1) is 10.7. The maximum Gasteiger partial charge on any atom is 0.143 e. The van der Waals surface area contributed by atoms with Gasteiger partial charge in [0, 0.05) is 24.2 Å². The van der Waals surface area contributed by atoms with E-state index in [1.54, 1.807) is 11.8 Å². The Morgan fingerprint density at radius 1 is 0.652 bits per heavy atom. The fourth-order valence-corrected chi connectivity index (χ4v) is 4.99. The summed E-state index contributed by atoms with van der Waals surface area (Å²) in [6.07, 6.45) is 4.38. The normalized spacial score (nSPS) is 16.3. The molecule has 0 bridgehead atoms. The fourth-order valence-electron chi connectivity index (χ4n) is 2.56. The lowest BCUT2D eigenvalue weighted by Crippen LogP contribution is -2.46. The van der Waals surface area contributed by atoms with E-state index in [2.05, 4.69) is 65.2 Å². The highest BCUT2D eigenvalue weighted by molar-refractivity contribution is 8.37. The molecule has 5 heteroatoms. The molecule has 0 amide bonds. The first-order valence-electron chi connectivity index (χ1n) is 9.07. The van der Waals surface area contributed by atoms with Crippen molar-refractivity contribution in [2.45, 2.75) is 105 Å². The summed E-state index contributed by atoms with van der Waals surface area (Å²) in [5, 5.41) is 0. The minimum absolute atomic E-state index is 0.452. The lowest BCUT2D eigenvalue weighted by atomic mass is 10.1. The molecule has 0 aliphatic heterocycles. The van der Waals surface area contributed by atoms with E-state index in [1.165, 1.54) is 0 Å². The zero-order valence-electron chi connectivity index (χ0n) is 16.3. The SMILES string of the molecule is CCC(C)N(C(=S)SC(=S)N(C(C)CC)C(C)CC)C(C)CC. The maximum atomic E-state index is 5.78. The van der Waals surface area contributed by atoms with Crippen LogP contribution in [-0.2, 0) is 0 Å². The van der Waals surface area contributed by atoms with Crippen molar-refractivity contribution in [2.75, 3.05) is 0 Å². The van der Waals surface area contributed by atoms with Gasteiger partial charge in [-0.1, -0.05) is 52.1 Å². The lowest BCUT2D eigenvalue weighted by Gasteiger charge is -2.39. The van der Waals surface area contributed by atoms with Gasteiger partial charge in [0.1, 0.15) is 8.64 Å². The van der Waals surface area contributed by atoms with Crippen LogP contribution in [0.1, 0.15) is 81.1 Å². The molecule has 2 nitrogen and oxygen atoms in total. The Balaban J connectivity index is 5.17. The molecule has 0 saturated heterocycles. The average molecular weight is 377 g/mol. The highest BCUT2D eigenvalue weighted by Crippen LogP contribution is 2.25.